The molecule has 1 N–H and O–H groups in total. The number of carbonyl (C=O) groups excluding carboxylic acids is 2. The highest BCUT2D eigenvalue weighted by atomic mass is 32.2. The summed E-state index contributed by atoms with van der Waals surface area (Å²) in [5, 5.41) is 2.95. The monoisotopic (exact) mass is 531 g/mol. The van der Waals surface area contributed by atoms with Crippen LogP contribution in [0.3, 0.4) is 0 Å². The third-order valence-corrected chi connectivity index (χ3v) is 7.14. The van der Waals surface area contributed by atoms with Crippen LogP contribution < -0.4 is 19.1 Å². The maximum atomic E-state index is 13.3. The number of amides is 2. The zero-order chi connectivity index (χ0) is 27.2. The van der Waals surface area contributed by atoms with Gasteiger partial charge in [0.2, 0.25) is 28.6 Å². The summed E-state index contributed by atoms with van der Waals surface area (Å²) >= 11 is 0. The molecule has 2 aromatic rings. The SMILES string of the molecule is C[C@H](C(=O)NC(C)(C)C)N(CCc1ccccc1)C(=O)CCCN(c1ccc2c(c1)OCO2)S(C)(=O)=O. The van der Waals surface area contributed by atoms with Crippen LogP contribution in [0.25, 0.3) is 0 Å². The molecular formula is C27H37N3O6S. The van der Waals surface area contributed by atoms with Gasteiger partial charge in [-0.15, -0.1) is 0 Å². The lowest BCUT2D eigenvalue weighted by Gasteiger charge is -2.32. The van der Waals surface area contributed by atoms with Crippen LogP contribution in [0, 0.1) is 0 Å². The highest BCUT2D eigenvalue weighted by Gasteiger charge is 2.28. The fourth-order valence-electron chi connectivity index (χ4n) is 4.09. The van der Waals surface area contributed by atoms with Crippen LogP contribution in [-0.2, 0) is 26.0 Å². The Kier molecular flexibility index (Phi) is 9.07. The van der Waals surface area contributed by atoms with Gasteiger partial charge in [0.15, 0.2) is 11.5 Å². The Morgan fingerprint density at radius 3 is 2.35 bits per heavy atom. The summed E-state index contributed by atoms with van der Waals surface area (Å²) in [5.41, 5.74) is 1.08. The molecule has 2 amide bonds. The number of nitrogens with zero attached hydrogens (tertiary/aromatic N) is 2. The quantitative estimate of drug-likeness (QED) is 0.477. The molecule has 0 radical (unpaired) electrons. The van der Waals surface area contributed by atoms with Crippen LogP contribution in [0.1, 0.15) is 46.1 Å². The minimum atomic E-state index is -3.60. The largest absolute Gasteiger partial charge is 0.454 e. The first-order chi connectivity index (χ1) is 17.3. The minimum absolute atomic E-state index is 0.0892. The van der Waals surface area contributed by atoms with E-state index >= 15 is 0 Å². The number of carbonyl (C=O) groups is 2. The zero-order valence-electron chi connectivity index (χ0n) is 22.2. The van der Waals surface area contributed by atoms with E-state index in [0.717, 1.165) is 11.8 Å². The van der Waals surface area contributed by atoms with Gasteiger partial charge in [0.1, 0.15) is 6.04 Å². The molecule has 3 rings (SSSR count). The molecule has 1 aliphatic rings. The Balaban J connectivity index is 1.70. The molecule has 0 aliphatic carbocycles. The maximum absolute atomic E-state index is 13.3. The molecule has 0 spiro atoms. The van der Waals surface area contributed by atoms with Crippen LogP contribution in [0.2, 0.25) is 0 Å². The van der Waals surface area contributed by atoms with Crippen molar-refractivity contribution >= 4 is 27.5 Å². The second-order valence-corrected chi connectivity index (χ2v) is 12.1. The third-order valence-electron chi connectivity index (χ3n) is 5.95. The average Bonchev–Trinajstić information content (AvgIpc) is 3.28. The predicted octanol–water partition coefficient (Wildman–Crippen LogP) is 3.34. The van der Waals surface area contributed by atoms with Gasteiger partial charge in [-0.1, -0.05) is 30.3 Å². The first-order valence-electron chi connectivity index (χ1n) is 12.4. The number of nitrogens with one attached hydrogen (secondary N) is 1. The number of hydrogen-bond donors (Lipinski definition) is 1. The molecular weight excluding hydrogens is 494 g/mol. The molecule has 37 heavy (non-hydrogen) atoms. The highest BCUT2D eigenvalue weighted by Crippen LogP contribution is 2.36. The smallest absolute Gasteiger partial charge is 0.242 e. The number of fused-ring (bicyclic) bond motifs is 1. The second kappa shape index (κ2) is 11.9. The lowest BCUT2D eigenvalue weighted by molar-refractivity contribution is -0.140. The summed E-state index contributed by atoms with van der Waals surface area (Å²) in [5.74, 6) is 0.607. The Bertz CT molecular complexity index is 1190. The van der Waals surface area contributed by atoms with Crippen molar-refractivity contribution in [3.63, 3.8) is 0 Å². The molecule has 0 unspecified atom stereocenters. The van der Waals surface area contributed by atoms with Gasteiger partial charge in [0.25, 0.3) is 0 Å². The Morgan fingerprint density at radius 2 is 1.70 bits per heavy atom. The number of rotatable bonds is 11. The average molecular weight is 532 g/mol. The highest BCUT2D eigenvalue weighted by molar-refractivity contribution is 7.92. The number of ether oxygens (including phenoxy) is 2. The van der Waals surface area contributed by atoms with Crippen molar-refractivity contribution < 1.29 is 27.5 Å². The molecule has 0 aromatic heterocycles. The predicted molar refractivity (Wildman–Crippen MR) is 143 cm³/mol. The summed E-state index contributed by atoms with van der Waals surface area (Å²) < 4.78 is 37.0. The normalized spacial score (nSPS) is 13.6. The maximum Gasteiger partial charge on any atom is 0.242 e. The molecule has 0 saturated heterocycles. The Hall–Kier alpha value is -3.27. The molecule has 1 aliphatic heterocycles. The first-order valence-corrected chi connectivity index (χ1v) is 14.2. The molecule has 0 bridgehead atoms. The van der Waals surface area contributed by atoms with Crippen LogP contribution in [0.4, 0.5) is 5.69 Å². The van der Waals surface area contributed by atoms with Crippen molar-refractivity contribution in [1.82, 2.24) is 10.2 Å². The summed E-state index contributed by atoms with van der Waals surface area (Å²) in [6.45, 7) is 7.97. The van der Waals surface area contributed by atoms with Crippen LogP contribution in [-0.4, -0.2) is 62.9 Å². The molecule has 2 aromatic carbocycles. The van der Waals surface area contributed by atoms with Gasteiger partial charge in [-0.25, -0.2) is 8.42 Å². The fraction of sp³-hybridized carbons (Fsp3) is 0.481. The molecule has 1 heterocycles. The molecule has 10 heteroatoms. The van der Waals surface area contributed by atoms with Gasteiger partial charge in [0.05, 0.1) is 11.9 Å². The van der Waals surface area contributed by atoms with Crippen LogP contribution >= 0.6 is 0 Å². The molecule has 0 saturated carbocycles. The van der Waals surface area contributed by atoms with Crippen molar-refractivity contribution in [2.45, 2.75) is 58.5 Å². The van der Waals surface area contributed by atoms with Crippen LogP contribution in [0.5, 0.6) is 11.5 Å². The fourth-order valence-corrected chi connectivity index (χ4v) is 5.05. The standard InChI is InChI=1S/C27H37N3O6S/c1-20(26(32)28-27(2,3)4)29(17-15-21-10-7-6-8-11-21)25(31)12-9-16-30(37(5,33)34)22-13-14-23-24(18-22)36-19-35-23/h6-8,10-11,13-14,18,20H,9,12,15-17,19H2,1-5H3,(H,28,32)/t20-/m1/s1. The van der Waals surface area contributed by atoms with E-state index in [4.69, 9.17) is 9.47 Å². The third kappa shape index (κ3) is 8.11. The summed E-state index contributed by atoms with van der Waals surface area (Å²) in [7, 11) is -3.60. The lowest BCUT2D eigenvalue weighted by Crippen LogP contribution is -2.53. The van der Waals surface area contributed by atoms with E-state index in [1.54, 1.807) is 30.0 Å². The van der Waals surface area contributed by atoms with E-state index in [0.29, 0.717) is 30.2 Å². The molecule has 1 atom stereocenters. The van der Waals surface area contributed by atoms with E-state index in [9.17, 15) is 18.0 Å². The molecule has 202 valence electrons. The number of hydrogen-bond acceptors (Lipinski definition) is 6. The van der Waals surface area contributed by atoms with E-state index in [1.807, 2.05) is 51.1 Å². The first kappa shape index (κ1) is 28.3. The minimum Gasteiger partial charge on any atom is -0.454 e. The lowest BCUT2D eigenvalue weighted by atomic mass is 10.1. The Labute approximate surface area is 219 Å². The van der Waals surface area contributed by atoms with Crippen molar-refractivity contribution in [2.75, 3.05) is 30.4 Å². The Morgan fingerprint density at radius 1 is 1.03 bits per heavy atom. The molecule has 9 nitrogen and oxygen atoms in total. The summed E-state index contributed by atoms with van der Waals surface area (Å²) in [6, 6.07) is 14.0. The van der Waals surface area contributed by atoms with Gasteiger partial charge in [0, 0.05) is 31.1 Å². The second-order valence-electron chi connectivity index (χ2n) is 10.2. The van der Waals surface area contributed by atoms with Gasteiger partial charge in [-0.05, 0) is 58.2 Å². The summed E-state index contributed by atoms with van der Waals surface area (Å²) in [6.07, 6.45) is 2.12. The van der Waals surface area contributed by atoms with E-state index < -0.39 is 21.6 Å². The van der Waals surface area contributed by atoms with E-state index in [-0.39, 0.29) is 38.0 Å². The van der Waals surface area contributed by atoms with E-state index in [2.05, 4.69) is 5.32 Å². The topological polar surface area (TPSA) is 105 Å². The number of sulfonamides is 1. The number of anilines is 1. The van der Waals surface area contributed by atoms with Gasteiger partial charge >= 0.3 is 0 Å². The summed E-state index contributed by atoms with van der Waals surface area (Å²) in [4.78, 5) is 27.8. The van der Waals surface area contributed by atoms with Crippen molar-refractivity contribution in [3.05, 3.63) is 54.1 Å². The van der Waals surface area contributed by atoms with E-state index in [1.165, 1.54) is 4.31 Å². The van der Waals surface area contributed by atoms with Crippen molar-refractivity contribution in [2.24, 2.45) is 0 Å². The van der Waals surface area contributed by atoms with Gasteiger partial charge < -0.3 is 19.7 Å². The zero-order valence-corrected chi connectivity index (χ0v) is 23.0. The number of benzene rings is 2. The molecule has 0 fully saturated rings. The van der Waals surface area contributed by atoms with Gasteiger partial charge in [-0.2, -0.15) is 0 Å². The van der Waals surface area contributed by atoms with Crippen molar-refractivity contribution in [1.29, 1.82) is 0 Å². The van der Waals surface area contributed by atoms with Crippen molar-refractivity contribution in [3.8, 4) is 11.5 Å². The van der Waals surface area contributed by atoms with Gasteiger partial charge in [-0.3, -0.25) is 13.9 Å². The van der Waals surface area contributed by atoms with Crippen LogP contribution in [0.15, 0.2) is 48.5 Å².